The van der Waals surface area contributed by atoms with Crippen LogP contribution in [0.25, 0.3) is 0 Å². The van der Waals surface area contributed by atoms with Gasteiger partial charge in [-0.15, -0.1) is 0 Å². The van der Waals surface area contributed by atoms with Crippen molar-refractivity contribution in [1.82, 2.24) is 5.32 Å². The van der Waals surface area contributed by atoms with Crippen molar-refractivity contribution in [2.45, 2.75) is 19.3 Å². The second-order valence-electron chi connectivity index (χ2n) is 3.91. The molecule has 0 aliphatic carbocycles. The van der Waals surface area contributed by atoms with E-state index in [0.717, 1.165) is 29.8 Å². The lowest BCUT2D eigenvalue weighted by atomic mass is 9.97. The van der Waals surface area contributed by atoms with Crippen LogP contribution in [-0.4, -0.2) is 18.9 Å². The maximum atomic E-state index is 4.42. The van der Waals surface area contributed by atoms with Crippen LogP contribution in [0, 0.1) is 0 Å². The predicted molar refractivity (Wildman–Crippen MR) is 67.5 cm³/mol. The highest BCUT2D eigenvalue weighted by Gasteiger charge is 2.11. The molecule has 1 N–H and O–H groups in total. The molecule has 0 fully saturated rings. The Balaban J connectivity index is 2.00. The number of halogens is 1. The molecule has 1 atom stereocenters. The predicted octanol–water partition coefficient (Wildman–Crippen LogP) is 2.94. The fourth-order valence-corrected chi connectivity index (χ4v) is 2.05. The summed E-state index contributed by atoms with van der Waals surface area (Å²) in [6.07, 6.45) is 1.02. The third kappa shape index (κ3) is 2.81. The van der Waals surface area contributed by atoms with Crippen molar-refractivity contribution in [2.75, 3.05) is 13.1 Å². The van der Waals surface area contributed by atoms with Crippen LogP contribution in [0.2, 0.25) is 0 Å². The van der Waals surface area contributed by atoms with Gasteiger partial charge in [0, 0.05) is 17.4 Å². The summed E-state index contributed by atoms with van der Waals surface area (Å²) < 4.78 is 1.13. The van der Waals surface area contributed by atoms with Crippen molar-refractivity contribution >= 4 is 21.8 Å². The smallest absolute Gasteiger partial charge is 0.0970 e. The average Bonchev–Trinajstić information content (AvgIpc) is 2.71. The summed E-state index contributed by atoms with van der Waals surface area (Å²) in [7, 11) is 0. The second kappa shape index (κ2) is 4.79. The van der Waals surface area contributed by atoms with Gasteiger partial charge >= 0.3 is 0 Å². The maximum Gasteiger partial charge on any atom is 0.0970 e. The molecule has 1 aromatic rings. The van der Waals surface area contributed by atoms with Gasteiger partial charge in [-0.05, 0) is 23.6 Å². The van der Waals surface area contributed by atoms with Crippen LogP contribution in [0.5, 0.6) is 0 Å². The molecule has 1 unspecified atom stereocenters. The van der Waals surface area contributed by atoms with E-state index in [1.165, 1.54) is 5.56 Å². The minimum absolute atomic E-state index is 0.530. The van der Waals surface area contributed by atoms with Crippen molar-refractivity contribution in [1.29, 1.82) is 0 Å². The highest BCUT2D eigenvalue weighted by atomic mass is 79.9. The summed E-state index contributed by atoms with van der Waals surface area (Å²) >= 11 is 3.45. The minimum atomic E-state index is 0.530. The van der Waals surface area contributed by atoms with Crippen molar-refractivity contribution in [3.63, 3.8) is 0 Å². The zero-order valence-corrected chi connectivity index (χ0v) is 10.4. The summed E-state index contributed by atoms with van der Waals surface area (Å²) in [5.41, 5.74) is 1.37. The molecule has 0 aromatic heterocycles. The number of hydrogen-bond donors (Lipinski definition) is 1. The third-order valence-corrected chi connectivity index (χ3v) is 3.21. The first-order valence-corrected chi connectivity index (χ1v) is 6.07. The lowest BCUT2D eigenvalue weighted by Crippen LogP contribution is -2.20. The Kier molecular flexibility index (Phi) is 3.41. The van der Waals surface area contributed by atoms with Crippen molar-refractivity contribution < 1.29 is 0 Å². The van der Waals surface area contributed by atoms with Gasteiger partial charge in [0.2, 0.25) is 0 Å². The highest BCUT2D eigenvalue weighted by molar-refractivity contribution is 9.10. The number of aliphatic imine (C=N–C) groups is 1. The molecule has 0 amide bonds. The molecule has 80 valence electrons. The first-order chi connectivity index (χ1) is 7.25. The fraction of sp³-hybridized carbons (Fsp3) is 0.417. The van der Waals surface area contributed by atoms with E-state index in [0.29, 0.717) is 5.92 Å². The number of benzene rings is 1. The van der Waals surface area contributed by atoms with Crippen molar-refractivity contribution in [3.05, 3.63) is 34.3 Å². The molecule has 1 aromatic carbocycles. The molecule has 1 aliphatic rings. The fourth-order valence-electron chi connectivity index (χ4n) is 1.78. The average molecular weight is 267 g/mol. The largest absolute Gasteiger partial charge is 0.372 e. The topological polar surface area (TPSA) is 24.4 Å². The quantitative estimate of drug-likeness (QED) is 0.894. The molecular weight excluding hydrogens is 252 g/mol. The minimum Gasteiger partial charge on any atom is -0.372 e. The van der Waals surface area contributed by atoms with Gasteiger partial charge in [0.25, 0.3) is 0 Å². The molecule has 0 spiro atoms. The first kappa shape index (κ1) is 10.7. The SMILES string of the molecule is CC(CC1=NCCN1)c1ccc(Br)cc1. The molecule has 0 saturated carbocycles. The van der Waals surface area contributed by atoms with Crippen LogP contribution in [0.4, 0.5) is 0 Å². The molecule has 0 radical (unpaired) electrons. The van der Waals surface area contributed by atoms with Crippen molar-refractivity contribution in [3.8, 4) is 0 Å². The van der Waals surface area contributed by atoms with Gasteiger partial charge in [0.15, 0.2) is 0 Å². The Labute approximate surface area is 98.9 Å². The van der Waals surface area contributed by atoms with E-state index in [9.17, 15) is 0 Å². The van der Waals surface area contributed by atoms with Crippen molar-refractivity contribution in [2.24, 2.45) is 4.99 Å². The van der Waals surface area contributed by atoms with Gasteiger partial charge in [0.1, 0.15) is 0 Å². The van der Waals surface area contributed by atoms with E-state index in [1.54, 1.807) is 0 Å². The molecule has 0 saturated heterocycles. The summed E-state index contributed by atoms with van der Waals surface area (Å²) in [4.78, 5) is 4.42. The van der Waals surface area contributed by atoms with E-state index in [1.807, 2.05) is 0 Å². The van der Waals surface area contributed by atoms with E-state index in [4.69, 9.17) is 0 Å². The van der Waals surface area contributed by atoms with Gasteiger partial charge in [-0.1, -0.05) is 35.0 Å². The molecular formula is C12H15BrN2. The lowest BCUT2D eigenvalue weighted by molar-refractivity contribution is 0.788. The Hall–Kier alpha value is -0.830. The maximum absolute atomic E-state index is 4.42. The Bertz CT molecular complexity index is 356. The molecule has 1 heterocycles. The molecule has 3 heteroatoms. The number of nitrogens with zero attached hydrogens (tertiary/aromatic N) is 1. The molecule has 2 rings (SSSR count). The van der Waals surface area contributed by atoms with Crippen LogP contribution in [0.3, 0.4) is 0 Å². The van der Waals surface area contributed by atoms with Crippen LogP contribution >= 0.6 is 15.9 Å². The van der Waals surface area contributed by atoms with Crippen LogP contribution in [0.15, 0.2) is 33.7 Å². The van der Waals surface area contributed by atoms with Crippen LogP contribution < -0.4 is 5.32 Å². The van der Waals surface area contributed by atoms with E-state index in [2.05, 4.69) is 57.4 Å². The summed E-state index contributed by atoms with van der Waals surface area (Å²) in [6.45, 7) is 4.18. The first-order valence-electron chi connectivity index (χ1n) is 5.28. The number of nitrogens with one attached hydrogen (secondary N) is 1. The zero-order chi connectivity index (χ0) is 10.7. The summed E-state index contributed by atoms with van der Waals surface area (Å²) in [5.74, 6) is 1.69. The molecule has 0 bridgehead atoms. The summed E-state index contributed by atoms with van der Waals surface area (Å²) in [6, 6.07) is 8.53. The van der Waals surface area contributed by atoms with Gasteiger partial charge in [0.05, 0.1) is 12.4 Å². The summed E-state index contributed by atoms with van der Waals surface area (Å²) in [5, 5.41) is 3.31. The Morgan fingerprint density at radius 1 is 1.40 bits per heavy atom. The highest BCUT2D eigenvalue weighted by Crippen LogP contribution is 2.21. The van der Waals surface area contributed by atoms with Crippen LogP contribution in [0.1, 0.15) is 24.8 Å². The van der Waals surface area contributed by atoms with Gasteiger partial charge in [-0.25, -0.2) is 0 Å². The number of hydrogen-bond acceptors (Lipinski definition) is 2. The monoisotopic (exact) mass is 266 g/mol. The third-order valence-electron chi connectivity index (χ3n) is 2.68. The zero-order valence-electron chi connectivity index (χ0n) is 8.83. The number of rotatable bonds is 3. The van der Waals surface area contributed by atoms with E-state index >= 15 is 0 Å². The van der Waals surface area contributed by atoms with Gasteiger partial charge in [-0.3, -0.25) is 4.99 Å². The molecule has 2 nitrogen and oxygen atoms in total. The standard InChI is InChI=1S/C12H15BrN2/c1-9(8-12-14-6-7-15-12)10-2-4-11(13)5-3-10/h2-5,9H,6-8H2,1H3,(H,14,15). The Morgan fingerprint density at radius 3 is 2.73 bits per heavy atom. The van der Waals surface area contributed by atoms with Crippen LogP contribution in [-0.2, 0) is 0 Å². The van der Waals surface area contributed by atoms with Gasteiger partial charge in [-0.2, -0.15) is 0 Å². The molecule has 15 heavy (non-hydrogen) atoms. The van der Waals surface area contributed by atoms with E-state index < -0.39 is 0 Å². The molecule has 1 aliphatic heterocycles. The Morgan fingerprint density at radius 2 is 2.13 bits per heavy atom. The van der Waals surface area contributed by atoms with Gasteiger partial charge < -0.3 is 5.32 Å². The second-order valence-corrected chi connectivity index (χ2v) is 4.83. The lowest BCUT2D eigenvalue weighted by Gasteiger charge is -2.12. The number of amidine groups is 1. The normalized spacial score (nSPS) is 17.1. The van der Waals surface area contributed by atoms with E-state index in [-0.39, 0.29) is 0 Å².